The van der Waals surface area contributed by atoms with Crippen molar-refractivity contribution in [3.05, 3.63) is 35.5 Å². The van der Waals surface area contributed by atoms with E-state index in [4.69, 9.17) is 11.6 Å². The summed E-state index contributed by atoms with van der Waals surface area (Å²) in [5, 5.41) is 8.47. The predicted molar refractivity (Wildman–Crippen MR) is 107 cm³/mol. The number of fused-ring (bicyclic) bond motifs is 1. The number of alkyl halides is 3. The molecule has 0 saturated heterocycles. The van der Waals surface area contributed by atoms with Crippen molar-refractivity contribution in [2.24, 2.45) is 10.9 Å². The van der Waals surface area contributed by atoms with Gasteiger partial charge in [-0.3, -0.25) is 4.79 Å². The van der Waals surface area contributed by atoms with E-state index in [-0.39, 0.29) is 11.7 Å². The Morgan fingerprint density at radius 3 is 3.00 bits per heavy atom. The van der Waals surface area contributed by atoms with Crippen molar-refractivity contribution in [1.82, 2.24) is 20.6 Å². The highest BCUT2D eigenvalue weighted by Crippen LogP contribution is 2.34. The topological polar surface area (TPSA) is 91.3 Å². The van der Waals surface area contributed by atoms with Crippen molar-refractivity contribution < 1.29 is 18.0 Å². The minimum atomic E-state index is -4.47. The number of carbonyl (C=O) groups is 1. The summed E-state index contributed by atoms with van der Waals surface area (Å²) in [6, 6.07) is 0.675. The minimum absolute atomic E-state index is 0.0974. The molecule has 29 heavy (non-hydrogen) atoms. The summed E-state index contributed by atoms with van der Waals surface area (Å²) in [5.74, 6) is 0.922. The van der Waals surface area contributed by atoms with Crippen LogP contribution in [-0.2, 0) is 4.79 Å². The van der Waals surface area contributed by atoms with Gasteiger partial charge in [0, 0.05) is 35.0 Å². The van der Waals surface area contributed by atoms with Gasteiger partial charge in [-0.15, -0.1) is 0 Å². The molecule has 1 amide bonds. The van der Waals surface area contributed by atoms with Crippen molar-refractivity contribution in [1.29, 1.82) is 0 Å². The van der Waals surface area contributed by atoms with Crippen LogP contribution in [0.25, 0.3) is 5.57 Å². The Bertz CT molecular complexity index is 873. The van der Waals surface area contributed by atoms with Gasteiger partial charge in [-0.2, -0.15) is 24.9 Å². The summed E-state index contributed by atoms with van der Waals surface area (Å²) in [6.45, 7) is -1.38. The summed E-state index contributed by atoms with van der Waals surface area (Å²) in [4.78, 5) is 25.1. The van der Waals surface area contributed by atoms with E-state index in [9.17, 15) is 18.0 Å². The molecule has 0 spiro atoms. The fourth-order valence-corrected chi connectivity index (χ4v) is 3.63. The van der Waals surface area contributed by atoms with E-state index in [1.54, 1.807) is 24.7 Å². The number of carbonyl (C=O) groups excluding carboxylic acids is 1. The fourth-order valence-electron chi connectivity index (χ4n) is 2.86. The first kappa shape index (κ1) is 21.4. The monoisotopic (exact) mass is 446 g/mol. The Morgan fingerprint density at radius 2 is 2.28 bits per heavy atom. The lowest BCUT2D eigenvalue weighted by Gasteiger charge is -2.20. The van der Waals surface area contributed by atoms with E-state index in [0.29, 0.717) is 23.1 Å². The van der Waals surface area contributed by atoms with E-state index in [0.717, 1.165) is 11.4 Å². The molecule has 156 valence electrons. The number of nitrogens with zero attached hydrogens (tertiary/aromatic N) is 3. The van der Waals surface area contributed by atoms with Gasteiger partial charge in [0.2, 0.25) is 5.91 Å². The molecule has 2 aliphatic rings. The second-order valence-electron chi connectivity index (χ2n) is 6.34. The quantitative estimate of drug-likeness (QED) is 0.596. The number of amides is 1. The van der Waals surface area contributed by atoms with Crippen LogP contribution in [0.5, 0.6) is 0 Å². The molecule has 3 heterocycles. The normalized spacial score (nSPS) is 19.3. The second-order valence-corrected chi connectivity index (χ2v) is 7.74. The lowest BCUT2D eigenvalue weighted by atomic mass is 9.95. The maximum absolute atomic E-state index is 12.4. The zero-order valence-corrected chi connectivity index (χ0v) is 16.8. The van der Waals surface area contributed by atoms with Gasteiger partial charge in [0.05, 0.1) is 5.92 Å². The van der Waals surface area contributed by atoms with Crippen molar-refractivity contribution in [2.75, 3.05) is 23.9 Å². The molecule has 3 N–H and O–H groups in total. The number of halogens is 4. The van der Waals surface area contributed by atoms with E-state index in [2.05, 4.69) is 25.6 Å². The molecule has 0 bridgehead atoms. The molecule has 1 unspecified atom stereocenters. The molecule has 12 heteroatoms. The Balaban J connectivity index is 1.72. The highest BCUT2D eigenvalue weighted by atomic mass is 35.5. The average Bonchev–Trinajstić information content (AvgIpc) is 3.08. The van der Waals surface area contributed by atoms with E-state index < -0.39 is 24.7 Å². The number of allylic oxidation sites excluding steroid dienone is 1. The van der Waals surface area contributed by atoms with Gasteiger partial charge in [0.1, 0.15) is 24.2 Å². The van der Waals surface area contributed by atoms with Crippen LogP contribution in [0.3, 0.4) is 0 Å². The minimum Gasteiger partial charge on any atom is -0.358 e. The highest BCUT2D eigenvalue weighted by Gasteiger charge is 2.32. The van der Waals surface area contributed by atoms with Crippen molar-refractivity contribution in [3.8, 4) is 0 Å². The number of rotatable bonds is 7. The third-order valence-corrected chi connectivity index (χ3v) is 5.09. The smallest absolute Gasteiger partial charge is 0.358 e. The number of hydrogen-bond acceptors (Lipinski definition) is 7. The molecular weight excluding hydrogens is 429 g/mol. The molecule has 1 aromatic heterocycles. The van der Waals surface area contributed by atoms with E-state index in [1.807, 2.05) is 5.32 Å². The molecule has 0 fully saturated rings. The molecule has 0 radical (unpaired) electrons. The van der Waals surface area contributed by atoms with Gasteiger partial charge in [-0.1, -0.05) is 11.6 Å². The summed E-state index contributed by atoms with van der Waals surface area (Å²) in [6.07, 6.45) is 2.70. The second kappa shape index (κ2) is 9.04. The number of thioether (sulfide) groups is 1. The number of nitrogens with one attached hydrogen (secondary N) is 3. The first-order chi connectivity index (χ1) is 13.8. The number of hydrogen-bond donors (Lipinski definition) is 3. The number of aliphatic imine (C=N–C) groups is 1. The van der Waals surface area contributed by atoms with Crippen LogP contribution in [0.1, 0.15) is 12.2 Å². The number of amidine groups is 1. The van der Waals surface area contributed by atoms with Crippen molar-refractivity contribution in [3.63, 3.8) is 0 Å². The first-order valence-electron chi connectivity index (χ1n) is 8.59. The average molecular weight is 447 g/mol. The number of anilines is 1. The molecular formula is C17H18ClF3N6OS. The zero-order chi connectivity index (χ0) is 21.0. The molecule has 0 aliphatic carbocycles. The van der Waals surface area contributed by atoms with Gasteiger partial charge in [0.15, 0.2) is 5.82 Å². The van der Waals surface area contributed by atoms with E-state index in [1.165, 1.54) is 18.0 Å². The van der Waals surface area contributed by atoms with Gasteiger partial charge in [-0.25, -0.2) is 15.0 Å². The van der Waals surface area contributed by atoms with Crippen molar-refractivity contribution >= 4 is 46.5 Å². The number of aromatic nitrogens is 2. The summed E-state index contributed by atoms with van der Waals surface area (Å²) < 4.78 is 37.2. The van der Waals surface area contributed by atoms with Gasteiger partial charge < -0.3 is 16.0 Å². The molecule has 1 aromatic rings. The van der Waals surface area contributed by atoms with Crippen LogP contribution in [0.2, 0.25) is 0 Å². The molecule has 3 rings (SSSR count). The maximum Gasteiger partial charge on any atom is 0.405 e. The van der Waals surface area contributed by atoms with Crippen LogP contribution in [-0.4, -0.2) is 52.5 Å². The molecule has 0 saturated carbocycles. The SMILES string of the molecule is CSC[C@H](Nc1ccnc(C2=CNC3=NC=C(Cl)CC23)n1)C(=O)NCC(F)(F)F. The third kappa shape index (κ3) is 5.63. The Hall–Kier alpha value is -2.27. The fraction of sp³-hybridized carbons (Fsp3) is 0.412. The van der Waals surface area contributed by atoms with Gasteiger partial charge >= 0.3 is 6.18 Å². The highest BCUT2D eigenvalue weighted by molar-refractivity contribution is 7.98. The Morgan fingerprint density at radius 1 is 1.48 bits per heavy atom. The summed E-state index contributed by atoms with van der Waals surface area (Å²) in [5.41, 5.74) is 0.793. The lowest BCUT2D eigenvalue weighted by molar-refractivity contribution is -0.138. The zero-order valence-electron chi connectivity index (χ0n) is 15.3. The summed E-state index contributed by atoms with van der Waals surface area (Å²) >= 11 is 7.42. The van der Waals surface area contributed by atoms with E-state index >= 15 is 0 Å². The Kier molecular flexibility index (Phi) is 6.68. The molecule has 7 nitrogen and oxygen atoms in total. The first-order valence-corrected chi connectivity index (χ1v) is 10.4. The van der Waals surface area contributed by atoms with Crippen LogP contribution in [0.15, 0.2) is 34.7 Å². The van der Waals surface area contributed by atoms with Crippen LogP contribution >= 0.6 is 23.4 Å². The van der Waals surface area contributed by atoms with Crippen LogP contribution in [0.4, 0.5) is 19.0 Å². The van der Waals surface area contributed by atoms with Gasteiger partial charge in [0.25, 0.3) is 0 Å². The van der Waals surface area contributed by atoms with Crippen LogP contribution in [0, 0.1) is 5.92 Å². The standard InChI is InChI=1S/C17H18ClF3N6OS/c1-29-7-12(16(28)25-8-17(19,20)21)26-13-2-3-22-15(27-13)11-6-24-14-10(11)4-9(18)5-23-14/h2-3,5-6,10,12H,4,7-8H2,1H3,(H,23,24)(H,25,28)(H,22,26,27)/t10?,12-/m0/s1. The summed E-state index contributed by atoms with van der Waals surface area (Å²) in [7, 11) is 0. The molecule has 2 atom stereocenters. The van der Waals surface area contributed by atoms with Crippen LogP contribution < -0.4 is 16.0 Å². The lowest BCUT2D eigenvalue weighted by Crippen LogP contribution is -2.44. The Labute approximate surface area is 174 Å². The molecule has 2 aliphatic heterocycles. The third-order valence-electron chi connectivity index (χ3n) is 4.17. The van der Waals surface area contributed by atoms with Gasteiger partial charge in [-0.05, 0) is 18.7 Å². The van der Waals surface area contributed by atoms with Crippen molar-refractivity contribution in [2.45, 2.75) is 18.6 Å². The largest absolute Gasteiger partial charge is 0.405 e. The maximum atomic E-state index is 12.4. The predicted octanol–water partition coefficient (Wildman–Crippen LogP) is 2.74. The molecule has 0 aromatic carbocycles.